The van der Waals surface area contributed by atoms with E-state index in [1.807, 2.05) is 12.1 Å². The number of sulfone groups is 1. The van der Waals surface area contributed by atoms with E-state index in [4.69, 9.17) is 4.74 Å². The van der Waals surface area contributed by atoms with Crippen LogP contribution < -0.4 is 5.32 Å². The predicted octanol–water partition coefficient (Wildman–Crippen LogP) is 3.20. The van der Waals surface area contributed by atoms with Gasteiger partial charge in [-0.15, -0.1) is 0 Å². The van der Waals surface area contributed by atoms with E-state index in [1.54, 1.807) is 35.4 Å². The van der Waals surface area contributed by atoms with Crippen LogP contribution >= 0.6 is 0 Å². The second kappa shape index (κ2) is 8.48. The first kappa shape index (κ1) is 20.8. The Balaban J connectivity index is 1.24. The topological polar surface area (TPSA) is 103 Å². The van der Waals surface area contributed by atoms with Crippen molar-refractivity contribution in [1.29, 1.82) is 0 Å². The number of carbonyl (C=O) groups is 1. The van der Waals surface area contributed by atoms with Crippen molar-refractivity contribution in [3.63, 3.8) is 0 Å². The Hall–Kier alpha value is -3.04. The van der Waals surface area contributed by atoms with E-state index < -0.39 is 9.84 Å². The average Bonchev–Trinajstić information content (AvgIpc) is 3.48. The molecule has 3 heterocycles. The molecule has 0 bridgehead atoms. The van der Waals surface area contributed by atoms with Crippen LogP contribution in [0.5, 0.6) is 0 Å². The van der Waals surface area contributed by atoms with Crippen molar-refractivity contribution < 1.29 is 17.9 Å². The molecule has 0 radical (unpaired) electrons. The molecule has 3 aromatic rings. The van der Waals surface area contributed by atoms with Gasteiger partial charge in [-0.05, 0) is 61.1 Å². The fraction of sp³-hybridized carbons (Fsp3) is 0.348. The molecule has 1 saturated carbocycles. The molecular weight excluding hydrogens is 428 g/mol. The molecule has 2 aromatic heterocycles. The summed E-state index contributed by atoms with van der Waals surface area (Å²) < 4.78 is 33.1. The lowest BCUT2D eigenvalue weighted by Gasteiger charge is -2.22. The number of carbonyl (C=O) groups excluding carboxylic acids is 1. The number of hydrogen-bond acceptors (Lipinski definition) is 6. The fourth-order valence-electron chi connectivity index (χ4n) is 4.15. The van der Waals surface area contributed by atoms with E-state index in [2.05, 4.69) is 15.4 Å². The summed E-state index contributed by atoms with van der Waals surface area (Å²) in [5.74, 6) is 0.0430. The molecule has 166 valence electrons. The number of pyridine rings is 1. The summed E-state index contributed by atoms with van der Waals surface area (Å²) in [6.07, 6.45) is 8.92. The summed E-state index contributed by atoms with van der Waals surface area (Å²) in [5.41, 5.74) is 1.64. The molecule has 1 aliphatic heterocycles. The monoisotopic (exact) mass is 452 g/mol. The van der Waals surface area contributed by atoms with Gasteiger partial charge in [-0.2, -0.15) is 5.10 Å². The third-order valence-electron chi connectivity index (χ3n) is 6.12. The molecule has 1 aliphatic carbocycles. The molecule has 1 amide bonds. The van der Waals surface area contributed by atoms with Crippen molar-refractivity contribution in [1.82, 2.24) is 14.8 Å². The number of anilines is 1. The molecule has 2 aliphatic rings. The minimum Gasteiger partial charge on any atom is -0.381 e. The molecule has 32 heavy (non-hydrogen) atoms. The van der Waals surface area contributed by atoms with E-state index in [9.17, 15) is 13.2 Å². The third-order valence-corrected chi connectivity index (χ3v) is 7.85. The molecular formula is C23H24N4O4S. The standard InChI is InChI=1S/C23H24N4O4S/c28-23(22-12-21(22)16-2-1-9-24-13-16)26-17-3-5-19(6-4-17)32(29,30)20-14-25-27(15-20)18-7-10-31-11-8-18/h1-6,9,13-15,18,21-22H,7-8,10-12H2,(H,26,28)/t21-,22+/m0/s1. The summed E-state index contributed by atoms with van der Waals surface area (Å²) in [7, 11) is -3.69. The van der Waals surface area contributed by atoms with Crippen molar-refractivity contribution in [3.8, 4) is 0 Å². The highest BCUT2D eigenvalue weighted by molar-refractivity contribution is 7.91. The van der Waals surface area contributed by atoms with Crippen molar-refractivity contribution >= 4 is 21.4 Å². The van der Waals surface area contributed by atoms with Crippen LogP contribution in [0.3, 0.4) is 0 Å². The summed E-state index contributed by atoms with van der Waals surface area (Å²) in [4.78, 5) is 17.0. The van der Waals surface area contributed by atoms with Crippen LogP contribution in [-0.4, -0.2) is 42.3 Å². The maximum atomic E-state index is 13.0. The molecule has 9 heteroatoms. The highest BCUT2D eigenvalue weighted by Crippen LogP contribution is 2.47. The van der Waals surface area contributed by atoms with Gasteiger partial charge in [0.1, 0.15) is 4.90 Å². The highest BCUT2D eigenvalue weighted by Gasteiger charge is 2.44. The summed E-state index contributed by atoms with van der Waals surface area (Å²) in [6.45, 7) is 1.31. The second-order valence-electron chi connectivity index (χ2n) is 8.25. The van der Waals surface area contributed by atoms with Gasteiger partial charge in [0.05, 0.1) is 17.1 Å². The van der Waals surface area contributed by atoms with E-state index in [-0.39, 0.29) is 33.6 Å². The number of aromatic nitrogens is 3. The van der Waals surface area contributed by atoms with Crippen molar-refractivity contribution in [3.05, 3.63) is 66.7 Å². The van der Waals surface area contributed by atoms with Crippen molar-refractivity contribution in [2.24, 2.45) is 5.92 Å². The number of amides is 1. The number of rotatable bonds is 6. The Kier molecular flexibility index (Phi) is 5.52. The second-order valence-corrected chi connectivity index (χ2v) is 10.2. The molecule has 1 N–H and O–H groups in total. The molecule has 0 spiro atoms. The van der Waals surface area contributed by atoms with E-state index in [0.29, 0.717) is 18.9 Å². The molecule has 8 nitrogen and oxygen atoms in total. The summed E-state index contributed by atoms with van der Waals surface area (Å²) in [5, 5.41) is 7.15. The Morgan fingerprint density at radius 3 is 2.56 bits per heavy atom. The van der Waals surface area contributed by atoms with Gasteiger partial charge in [-0.1, -0.05) is 6.07 Å². The first-order valence-electron chi connectivity index (χ1n) is 10.7. The number of ether oxygens (including phenoxy) is 1. The van der Waals surface area contributed by atoms with Gasteiger partial charge in [0.2, 0.25) is 15.7 Å². The summed E-state index contributed by atoms with van der Waals surface area (Å²) in [6, 6.07) is 10.3. The molecule has 1 saturated heterocycles. The van der Waals surface area contributed by atoms with Crippen LogP contribution in [0.1, 0.15) is 36.8 Å². The largest absolute Gasteiger partial charge is 0.381 e. The van der Waals surface area contributed by atoms with Gasteiger partial charge in [0.15, 0.2) is 0 Å². The Labute approximate surface area is 186 Å². The van der Waals surface area contributed by atoms with E-state index >= 15 is 0 Å². The zero-order valence-corrected chi connectivity index (χ0v) is 18.2. The van der Waals surface area contributed by atoms with E-state index in [1.165, 1.54) is 18.3 Å². The number of hydrogen-bond donors (Lipinski definition) is 1. The zero-order chi connectivity index (χ0) is 22.1. The van der Waals surface area contributed by atoms with Crippen LogP contribution in [0.4, 0.5) is 5.69 Å². The minimum atomic E-state index is -3.69. The third kappa shape index (κ3) is 4.18. The lowest BCUT2D eigenvalue weighted by molar-refractivity contribution is -0.117. The Morgan fingerprint density at radius 1 is 1.06 bits per heavy atom. The van der Waals surface area contributed by atoms with Gasteiger partial charge in [0, 0.05) is 43.4 Å². The van der Waals surface area contributed by atoms with Crippen LogP contribution in [0.15, 0.2) is 71.0 Å². The van der Waals surface area contributed by atoms with Gasteiger partial charge >= 0.3 is 0 Å². The van der Waals surface area contributed by atoms with Gasteiger partial charge in [-0.25, -0.2) is 8.42 Å². The van der Waals surface area contributed by atoms with Gasteiger partial charge in [0.25, 0.3) is 0 Å². The molecule has 0 unspecified atom stereocenters. The maximum absolute atomic E-state index is 13.0. The summed E-state index contributed by atoms with van der Waals surface area (Å²) >= 11 is 0. The quantitative estimate of drug-likeness (QED) is 0.616. The maximum Gasteiger partial charge on any atom is 0.228 e. The number of benzene rings is 1. The fourth-order valence-corrected chi connectivity index (χ4v) is 5.34. The average molecular weight is 453 g/mol. The lowest BCUT2D eigenvalue weighted by Crippen LogP contribution is -2.19. The SMILES string of the molecule is O=C(Nc1ccc(S(=O)(=O)c2cnn(C3CCOCC3)c2)cc1)[C@@H]1C[C@H]1c1cccnc1. The van der Waals surface area contributed by atoms with Crippen LogP contribution in [0, 0.1) is 5.92 Å². The highest BCUT2D eigenvalue weighted by atomic mass is 32.2. The smallest absolute Gasteiger partial charge is 0.228 e. The molecule has 2 atom stereocenters. The van der Waals surface area contributed by atoms with E-state index in [0.717, 1.165) is 24.8 Å². The predicted molar refractivity (Wildman–Crippen MR) is 117 cm³/mol. The zero-order valence-electron chi connectivity index (χ0n) is 17.4. The van der Waals surface area contributed by atoms with Crippen LogP contribution in [0.2, 0.25) is 0 Å². The molecule has 5 rings (SSSR count). The molecule has 2 fully saturated rings. The first-order chi connectivity index (χ1) is 15.5. The lowest BCUT2D eigenvalue weighted by atomic mass is 10.1. The number of nitrogens with one attached hydrogen (secondary N) is 1. The van der Waals surface area contributed by atoms with Gasteiger partial charge < -0.3 is 10.1 Å². The van der Waals surface area contributed by atoms with Crippen LogP contribution in [0.25, 0.3) is 0 Å². The Bertz CT molecular complexity index is 1200. The van der Waals surface area contributed by atoms with Crippen molar-refractivity contribution in [2.75, 3.05) is 18.5 Å². The number of nitrogens with zero attached hydrogens (tertiary/aromatic N) is 3. The minimum absolute atomic E-state index is 0.0628. The van der Waals surface area contributed by atoms with Gasteiger partial charge in [-0.3, -0.25) is 14.5 Å². The normalized spacial score (nSPS) is 21.2. The molecule has 1 aromatic carbocycles. The van der Waals surface area contributed by atoms with Crippen molar-refractivity contribution in [2.45, 2.75) is 41.0 Å². The van der Waals surface area contributed by atoms with Crippen LogP contribution in [-0.2, 0) is 19.4 Å². The first-order valence-corrected chi connectivity index (χ1v) is 12.2. The Morgan fingerprint density at radius 2 is 1.84 bits per heavy atom.